The number of hydrogen-bond acceptors (Lipinski definition) is 4. The maximum absolute atomic E-state index is 13.5. The second-order valence-corrected chi connectivity index (χ2v) is 4.25. The summed E-state index contributed by atoms with van der Waals surface area (Å²) in [6.45, 7) is 1.59. The van der Waals surface area contributed by atoms with Gasteiger partial charge in [0.25, 0.3) is 5.69 Å². The molecular weight excluding hydrogens is 281 g/mol. The van der Waals surface area contributed by atoms with Gasteiger partial charge in [0.05, 0.1) is 16.6 Å². The molecule has 0 amide bonds. The average Bonchev–Trinajstić information content (AvgIpc) is 2.40. The highest BCUT2D eigenvalue weighted by Crippen LogP contribution is 2.28. The molecule has 1 N–H and O–H groups in total. The van der Waals surface area contributed by atoms with E-state index in [4.69, 9.17) is 9.84 Å². The smallest absolute Gasteiger partial charge is 0.338 e. The first-order chi connectivity index (χ1) is 9.88. The Morgan fingerprint density at radius 1 is 1.24 bits per heavy atom. The molecular formula is C14H10FNO5. The summed E-state index contributed by atoms with van der Waals surface area (Å²) in [5.74, 6) is -2.11. The van der Waals surface area contributed by atoms with Crippen molar-refractivity contribution in [3.05, 3.63) is 63.5 Å². The minimum absolute atomic E-state index is 0.0515. The van der Waals surface area contributed by atoms with Gasteiger partial charge in [-0.05, 0) is 31.2 Å². The van der Waals surface area contributed by atoms with Crippen LogP contribution < -0.4 is 4.74 Å². The molecule has 0 spiro atoms. The van der Waals surface area contributed by atoms with Crippen molar-refractivity contribution in [2.24, 2.45) is 0 Å². The van der Waals surface area contributed by atoms with Gasteiger partial charge < -0.3 is 9.84 Å². The number of carboxylic acids is 1. The lowest BCUT2D eigenvalue weighted by Crippen LogP contribution is -2.00. The second-order valence-electron chi connectivity index (χ2n) is 4.25. The van der Waals surface area contributed by atoms with Crippen LogP contribution in [0.25, 0.3) is 0 Å². The molecule has 0 bridgehead atoms. The van der Waals surface area contributed by atoms with E-state index in [9.17, 15) is 19.3 Å². The van der Waals surface area contributed by atoms with Crippen LogP contribution in [0.2, 0.25) is 0 Å². The number of ether oxygens (including phenoxy) is 1. The third kappa shape index (κ3) is 3.14. The Morgan fingerprint density at radius 3 is 2.43 bits per heavy atom. The van der Waals surface area contributed by atoms with E-state index in [0.29, 0.717) is 5.56 Å². The molecule has 0 atom stereocenters. The minimum atomic E-state index is -1.38. The minimum Gasteiger partial charge on any atom is -0.478 e. The van der Waals surface area contributed by atoms with E-state index in [1.807, 2.05) is 0 Å². The summed E-state index contributed by atoms with van der Waals surface area (Å²) < 4.78 is 18.8. The lowest BCUT2D eigenvalue weighted by Gasteiger charge is -2.07. The number of halogens is 1. The van der Waals surface area contributed by atoms with Crippen molar-refractivity contribution in [1.29, 1.82) is 0 Å². The molecule has 0 heterocycles. The quantitative estimate of drug-likeness (QED) is 0.687. The topological polar surface area (TPSA) is 89.7 Å². The van der Waals surface area contributed by atoms with E-state index in [2.05, 4.69) is 0 Å². The molecule has 0 aliphatic carbocycles. The zero-order valence-corrected chi connectivity index (χ0v) is 10.9. The molecule has 0 unspecified atom stereocenters. The molecule has 7 heteroatoms. The van der Waals surface area contributed by atoms with Gasteiger partial charge >= 0.3 is 5.97 Å². The summed E-state index contributed by atoms with van der Waals surface area (Å²) in [4.78, 5) is 21.0. The average molecular weight is 291 g/mol. The molecule has 6 nitrogen and oxygen atoms in total. The fourth-order valence-electron chi connectivity index (χ4n) is 1.72. The van der Waals surface area contributed by atoms with Crippen LogP contribution >= 0.6 is 0 Å². The molecule has 0 aliphatic heterocycles. The molecule has 2 aromatic rings. The van der Waals surface area contributed by atoms with Crippen molar-refractivity contribution in [2.75, 3.05) is 0 Å². The van der Waals surface area contributed by atoms with Crippen molar-refractivity contribution in [1.82, 2.24) is 0 Å². The Hall–Kier alpha value is -2.96. The third-order valence-electron chi connectivity index (χ3n) is 2.78. The van der Waals surface area contributed by atoms with Crippen LogP contribution in [0.4, 0.5) is 10.1 Å². The highest BCUT2D eigenvalue weighted by atomic mass is 19.1. The lowest BCUT2D eigenvalue weighted by molar-refractivity contribution is -0.385. The lowest BCUT2D eigenvalue weighted by atomic mass is 10.2. The van der Waals surface area contributed by atoms with Gasteiger partial charge in [-0.3, -0.25) is 10.1 Å². The first kappa shape index (κ1) is 14.4. The van der Waals surface area contributed by atoms with Crippen LogP contribution in [-0.4, -0.2) is 16.0 Å². The van der Waals surface area contributed by atoms with Crippen LogP contribution in [0.5, 0.6) is 11.5 Å². The SMILES string of the molecule is Cc1ccc(Oc2ccc(C(=O)O)c(F)c2)cc1[N+](=O)[O-]. The molecule has 0 aromatic heterocycles. The van der Waals surface area contributed by atoms with E-state index in [-0.39, 0.29) is 17.2 Å². The summed E-state index contributed by atoms with van der Waals surface area (Å²) in [7, 11) is 0. The molecule has 0 aliphatic rings. The number of carboxylic acid groups (broad SMARTS) is 1. The number of nitro benzene ring substituents is 1. The predicted molar refractivity (Wildman–Crippen MR) is 71.3 cm³/mol. The molecule has 0 radical (unpaired) electrons. The predicted octanol–water partition coefficient (Wildman–Crippen LogP) is 3.53. The van der Waals surface area contributed by atoms with Crippen molar-refractivity contribution in [2.45, 2.75) is 6.92 Å². The Morgan fingerprint density at radius 2 is 1.86 bits per heavy atom. The summed E-state index contributed by atoms with van der Waals surface area (Å²) in [5.41, 5.74) is -0.118. The van der Waals surface area contributed by atoms with Gasteiger partial charge in [0.2, 0.25) is 0 Å². The van der Waals surface area contributed by atoms with Crippen LogP contribution in [0.3, 0.4) is 0 Å². The summed E-state index contributed by atoms with van der Waals surface area (Å²) in [6, 6.07) is 7.49. The fraction of sp³-hybridized carbons (Fsp3) is 0.0714. The number of hydrogen-bond donors (Lipinski definition) is 1. The number of benzene rings is 2. The number of nitro groups is 1. The number of carbonyl (C=O) groups is 1. The number of aryl methyl sites for hydroxylation is 1. The van der Waals surface area contributed by atoms with Crippen molar-refractivity contribution >= 4 is 11.7 Å². The number of nitrogens with zero attached hydrogens (tertiary/aromatic N) is 1. The molecule has 108 valence electrons. The Balaban J connectivity index is 2.30. The van der Waals surface area contributed by atoms with Gasteiger partial charge in [-0.15, -0.1) is 0 Å². The summed E-state index contributed by atoms with van der Waals surface area (Å²) >= 11 is 0. The monoisotopic (exact) mass is 291 g/mol. The molecule has 2 rings (SSSR count). The van der Waals surface area contributed by atoms with Gasteiger partial charge in [-0.25, -0.2) is 9.18 Å². The van der Waals surface area contributed by atoms with Gasteiger partial charge in [0, 0.05) is 11.6 Å². The molecule has 2 aromatic carbocycles. The highest BCUT2D eigenvalue weighted by Gasteiger charge is 2.14. The Bertz CT molecular complexity index is 729. The van der Waals surface area contributed by atoms with E-state index < -0.39 is 22.3 Å². The maximum atomic E-state index is 13.5. The molecule has 0 fully saturated rings. The molecule has 0 saturated carbocycles. The zero-order valence-electron chi connectivity index (χ0n) is 10.9. The fourth-order valence-corrected chi connectivity index (χ4v) is 1.72. The Kier molecular flexibility index (Phi) is 3.84. The standard InChI is InChI=1S/C14H10FNO5/c1-8-2-3-10(7-13(8)16(19)20)21-9-4-5-11(14(17)18)12(15)6-9/h2-7H,1H3,(H,17,18). The van der Waals surface area contributed by atoms with Gasteiger partial charge in [-0.1, -0.05) is 0 Å². The molecule has 0 saturated heterocycles. The molecule has 21 heavy (non-hydrogen) atoms. The second kappa shape index (κ2) is 5.58. The maximum Gasteiger partial charge on any atom is 0.338 e. The van der Waals surface area contributed by atoms with Gasteiger partial charge in [0.15, 0.2) is 0 Å². The van der Waals surface area contributed by atoms with E-state index >= 15 is 0 Å². The normalized spacial score (nSPS) is 10.2. The van der Waals surface area contributed by atoms with E-state index in [1.165, 1.54) is 24.3 Å². The number of rotatable bonds is 4. The van der Waals surface area contributed by atoms with Crippen molar-refractivity contribution in [3.8, 4) is 11.5 Å². The summed E-state index contributed by atoms with van der Waals surface area (Å²) in [6.07, 6.45) is 0. The first-order valence-electron chi connectivity index (χ1n) is 5.84. The Labute approximate surface area is 118 Å². The van der Waals surface area contributed by atoms with Crippen molar-refractivity contribution < 1.29 is 24.0 Å². The summed E-state index contributed by atoms with van der Waals surface area (Å²) in [5, 5.41) is 19.5. The third-order valence-corrected chi connectivity index (χ3v) is 2.78. The van der Waals surface area contributed by atoms with Crippen LogP contribution in [0.1, 0.15) is 15.9 Å². The van der Waals surface area contributed by atoms with Crippen LogP contribution in [-0.2, 0) is 0 Å². The first-order valence-corrected chi connectivity index (χ1v) is 5.84. The van der Waals surface area contributed by atoms with E-state index in [1.54, 1.807) is 6.92 Å². The van der Waals surface area contributed by atoms with Gasteiger partial charge in [0.1, 0.15) is 17.3 Å². The van der Waals surface area contributed by atoms with E-state index in [0.717, 1.165) is 12.1 Å². The number of aromatic carboxylic acids is 1. The van der Waals surface area contributed by atoms with Gasteiger partial charge in [-0.2, -0.15) is 0 Å². The zero-order chi connectivity index (χ0) is 15.6. The van der Waals surface area contributed by atoms with Crippen molar-refractivity contribution in [3.63, 3.8) is 0 Å². The van der Waals surface area contributed by atoms with Crippen LogP contribution in [0.15, 0.2) is 36.4 Å². The highest BCUT2D eigenvalue weighted by molar-refractivity contribution is 5.88. The van der Waals surface area contributed by atoms with Crippen LogP contribution in [0, 0.1) is 22.9 Å². The largest absolute Gasteiger partial charge is 0.478 e.